The molecular formula is C11H10BrClN2O2. The van der Waals surface area contributed by atoms with E-state index in [1.807, 2.05) is 6.07 Å². The van der Waals surface area contributed by atoms with E-state index >= 15 is 0 Å². The average Bonchev–Trinajstić information content (AvgIpc) is 2.29. The number of rotatable bonds is 3. The van der Waals surface area contributed by atoms with Crippen LogP contribution in [-0.4, -0.2) is 21.9 Å². The van der Waals surface area contributed by atoms with Crippen LogP contribution in [0.15, 0.2) is 18.2 Å². The van der Waals surface area contributed by atoms with Gasteiger partial charge in [0.1, 0.15) is 11.7 Å². The van der Waals surface area contributed by atoms with Gasteiger partial charge < -0.3 is 10.4 Å². The molecule has 0 saturated carbocycles. The van der Waals surface area contributed by atoms with E-state index in [9.17, 15) is 9.90 Å². The number of amides is 1. The maximum atomic E-state index is 11.6. The number of benzene rings is 1. The van der Waals surface area contributed by atoms with Gasteiger partial charge in [-0.05, 0) is 25.1 Å². The van der Waals surface area contributed by atoms with E-state index in [1.165, 1.54) is 19.1 Å². The van der Waals surface area contributed by atoms with Crippen LogP contribution in [0.2, 0.25) is 5.02 Å². The number of alkyl halides is 1. The first kappa shape index (κ1) is 14.0. The Bertz CT molecular complexity index is 483. The molecule has 0 bridgehead atoms. The molecule has 1 rings (SSSR count). The van der Waals surface area contributed by atoms with Crippen LogP contribution < -0.4 is 5.32 Å². The fraction of sp³-hybridized carbons (Fsp3) is 0.273. The van der Waals surface area contributed by atoms with Crippen LogP contribution in [0.1, 0.15) is 12.5 Å². The lowest BCUT2D eigenvalue weighted by Gasteiger charge is -2.19. The van der Waals surface area contributed by atoms with E-state index in [0.717, 1.165) is 0 Å². The fourth-order valence-electron chi connectivity index (χ4n) is 1.01. The highest BCUT2D eigenvalue weighted by Crippen LogP contribution is 2.21. The summed E-state index contributed by atoms with van der Waals surface area (Å²) in [5, 5.41) is 21.3. The second kappa shape index (κ2) is 5.50. The molecule has 0 radical (unpaired) electrons. The molecule has 0 heterocycles. The molecule has 0 aliphatic carbocycles. The summed E-state index contributed by atoms with van der Waals surface area (Å²) in [7, 11) is 0. The van der Waals surface area contributed by atoms with E-state index in [2.05, 4.69) is 21.2 Å². The predicted octanol–water partition coefficient (Wildman–Crippen LogP) is 2.30. The highest BCUT2D eigenvalue weighted by atomic mass is 79.9. The van der Waals surface area contributed by atoms with Gasteiger partial charge in [0.05, 0.1) is 10.6 Å². The third-order valence-electron chi connectivity index (χ3n) is 2.10. The average molecular weight is 318 g/mol. The minimum atomic E-state index is -1.50. The van der Waals surface area contributed by atoms with Crippen molar-refractivity contribution in [1.82, 2.24) is 0 Å². The summed E-state index contributed by atoms with van der Waals surface area (Å²) in [6.07, 6.45) is 0. The molecule has 0 aliphatic rings. The van der Waals surface area contributed by atoms with Crippen LogP contribution in [-0.2, 0) is 4.79 Å². The second-order valence-electron chi connectivity index (χ2n) is 3.67. The number of nitrogens with zero attached hydrogens (tertiary/aromatic N) is 1. The van der Waals surface area contributed by atoms with Gasteiger partial charge in [0.2, 0.25) is 0 Å². The highest BCUT2D eigenvalue weighted by molar-refractivity contribution is 9.09. The van der Waals surface area contributed by atoms with Gasteiger partial charge in [-0.15, -0.1) is 0 Å². The van der Waals surface area contributed by atoms with Gasteiger partial charge in [0.25, 0.3) is 5.91 Å². The van der Waals surface area contributed by atoms with Crippen molar-refractivity contribution in [2.75, 3.05) is 10.6 Å². The van der Waals surface area contributed by atoms with Gasteiger partial charge >= 0.3 is 0 Å². The molecule has 0 aliphatic heterocycles. The summed E-state index contributed by atoms with van der Waals surface area (Å²) in [6.45, 7) is 1.39. The summed E-state index contributed by atoms with van der Waals surface area (Å²) < 4.78 is 0. The number of carbonyl (C=O) groups excluding carboxylic acids is 1. The Labute approximate surface area is 112 Å². The Kier molecular flexibility index (Phi) is 4.52. The van der Waals surface area contributed by atoms with Crippen LogP contribution in [0.4, 0.5) is 5.69 Å². The quantitative estimate of drug-likeness (QED) is 0.840. The first-order valence-corrected chi connectivity index (χ1v) is 6.20. The molecule has 90 valence electrons. The van der Waals surface area contributed by atoms with Crippen molar-refractivity contribution in [2.45, 2.75) is 12.5 Å². The fourth-order valence-corrected chi connectivity index (χ4v) is 1.49. The lowest BCUT2D eigenvalue weighted by atomic mass is 10.1. The first-order chi connectivity index (χ1) is 7.90. The van der Waals surface area contributed by atoms with E-state index in [4.69, 9.17) is 16.9 Å². The molecule has 1 aromatic carbocycles. The van der Waals surface area contributed by atoms with Crippen molar-refractivity contribution in [3.05, 3.63) is 28.8 Å². The molecule has 0 aromatic heterocycles. The van der Waals surface area contributed by atoms with Crippen LogP contribution in [0.3, 0.4) is 0 Å². The molecule has 1 atom stereocenters. The number of hydrogen-bond donors (Lipinski definition) is 2. The lowest BCUT2D eigenvalue weighted by Crippen LogP contribution is -2.41. The van der Waals surface area contributed by atoms with Crippen LogP contribution in [0, 0.1) is 11.3 Å². The molecule has 4 nitrogen and oxygen atoms in total. The molecule has 1 aromatic rings. The Morgan fingerprint density at radius 3 is 2.82 bits per heavy atom. The summed E-state index contributed by atoms with van der Waals surface area (Å²) >= 11 is 8.86. The van der Waals surface area contributed by atoms with E-state index in [1.54, 1.807) is 6.07 Å². The number of hydrogen-bond acceptors (Lipinski definition) is 3. The number of nitriles is 1. The van der Waals surface area contributed by atoms with Crippen molar-refractivity contribution in [1.29, 1.82) is 5.26 Å². The SMILES string of the molecule is C[C@@](O)(CBr)C(=O)Nc1ccc(C#N)c(Cl)c1. The van der Waals surface area contributed by atoms with Gasteiger partial charge in [-0.2, -0.15) is 5.26 Å². The van der Waals surface area contributed by atoms with Crippen molar-refractivity contribution in [3.63, 3.8) is 0 Å². The van der Waals surface area contributed by atoms with Crippen molar-refractivity contribution < 1.29 is 9.90 Å². The molecule has 0 unspecified atom stereocenters. The van der Waals surface area contributed by atoms with E-state index in [-0.39, 0.29) is 10.4 Å². The van der Waals surface area contributed by atoms with E-state index < -0.39 is 11.5 Å². The maximum Gasteiger partial charge on any atom is 0.256 e. The molecule has 2 N–H and O–H groups in total. The molecule has 17 heavy (non-hydrogen) atoms. The lowest BCUT2D eigenvalue weighted by molar-refractivity contribution is -0.130. The smallest absolute Gasteiger partial charge is 0.256 e. The number of aliphatic hydroxyl groups is 1. The Morgan fingerprint density at radius 1 is 1.71 bits per heavy atom. The van der Waals surface area contributed by atoms with Crippen molar-refractivity contribution >= 4 is 39.1 Å². The molecule has 6 heteroatoms. The standard InChI is InChI=1S/C11H10BrClN2O2/c1-11(17,6-12)10(16)15-8-3-2-7(5-14)9(13)4-8/h2-4,17H,6H2,1H3,(H,15,16)/t11-/m1/s1. The number of halogens is 2. The van der Waals surface area contributed by atoms with Gasteiger partial charge in [0, 0.05) is 11.0 Å². The normalized spacial score (nSPS) is 13.6. The number of anilines is 1. The minimum absolute atomic E-state index is 0.121. The zero-order valence-corrected chi connectivity index (χ0v) is 11.3. The predicted molar refractivity (Wildman–Crippen MR) is 69.2 cm³/mol. The monoisotopic (exact) mass is 316 g/mol. The van der Waals surface area contributed by atoms with Gasteiger partial charge in [-0.25, -0.2) is 0 Å². The molecule has 0 fully saturated rings. The Hall–Kier alpha value is -1.09. The van der Waals surface area contributed by atoms with Crippen molar-refractivity contribution in [2.24, 2.45) is 0 Å². The third kappa shape index (κ3) is 3.43. The summed E-state index contributed by atoms with van der Waals surface area (Å²) in [4.78, 5) is 11.6. The van der Waals surface area contributed by atoms with Crippen LogP contribution >= 0.6 is 27.5 Å². The molecular weight excluding hydrogens is 307 g/mol. The minimum Gasteiger partial charge on any atom is -0.379 e. The number of carbonyl (C=O) groups is 1. The molecule has 0 saturated heterocycles. The van der Waals surface area contributed by atoms with Gasteiger partial charge in [0.15, 0.2) is 0 Å². The molecule has 1 amide bonds. The van der Waals surface area contributed by atoms with Crippen LogP contribution in [0.25, 0.3) is 0 Å². The van der Waals surface area contributed by atoms with Crippen molar-refractivity contribution in [3.8, 4) is 6.07 Å². The van der Waals surface area contributed by atoms with Gasteiger partial charge in [-0.3, -0.25) is 4.79 Å². The third-order valence-corrected chi connectivity index (χ3v) is 3.50. The number of nitrogens with one attached hydrogen (secondary N) is 1. The zero-order chi connectivity index (χ0) is 13.1. The Morgan fingerprint density at radius 2 is 2.35 bits per heavy atom. The molecule has 0 spiro atoms. The van der Waals surface area contributed by atoms with Gasteiger partial charge in [-0.1, -0.05) is 27.5 Å². The summed E-state index contributed by atoms with van der Waals surface area (Å²) in [6, 6.07) is 6.43. The van der Waals surface area contributed by atoms with E-state index in [0.29, 0.717) is 11.3 Å². The maximum absolute atomic E-state index is 11.6. The summed E-state index contributed by atoms with van der Waals surface area (Å²) in [5.41, 5.74) is -0.738. The zero-order valence-electron chi connectivity index (χ0n) is 9.00. The largest absolute Gasteiger partial charge is 0.379 e. The topological polar surface area (TPSA) is 73.1 Å². The summed E-state index contributed by atoms with van der Waals surface area (Å²) in [5.74, 6) is -0.546. The second-order valence-corrected chi connectivity index (χ2v) is 4.64. The highest BCUT2D eigenvalue weighted by Gasteiger charge is 2.28. The van der Waals surface area contributed by atoms with Crippen LogP contribution in [0.5, 0.6) is 0 Å². The first-order valence-electron chi connectivity index (χ1n) is 4.70. The Balaban J connectivity index is 2.88.